The van der Waals surface area contributed by atoms with Gasteiger partial charge in [0.1, 0.15) is 5.75 Å². The minimum atomic E-state index is -3.77. The zero-order valence-corrected chi connectivity index (χ0v) is 19.7. The summed E-state index contributed by atoms with van der Waals surface area (Å²) in [6.07, 6.45) is 1.52. The van der Waals surface area contributed by atoms with Gasteiger partial charge in [-0.2, -0.15) is 0 Å². The summed E-state index contributed by atoms with van der Waals surface area (Å²) in [5.74, 6) is -1.07. The van der Waals surface area contributed by atoms with E-state index >= 15 is 0 Å². The minimum Gasteiger partial charge on any atom is -0.352 e. The van der Waals surface area contributed by atoms with E-state index in [0.29, 0.717) is 15.6 Å². The lowest BCUT2D eigenvalue weighted by Crippen LogP contribution is -2.45. The van der Waals surface area contributed by atoms with Crippen molar-refractivity contribution in [1.82, 2.24) is 15.2 Å². The number of hydrogen-bond acceptors (Lipinski definition) is 6. The van der Waals surface area contributed by atoms with Crippen molar-refractivity contribution in [3.63, 3.8) is 0 Å². The number of nitrogens with zero attached hydrogens (tertiary/aromatic N) is 2. The number of hydrogen-bond donors (Lipinski definition) is 1. The highest BCUT2D eigenvalue weighted by Crippen LogP contribution is 2.26. The maximum Gasteiger partial charge on any atom is 0.235 e. The number of aromatic nitrogens is 1. The van der Waals surface area contributed by atoms with E-state index in [1.807, 2.05) is 24.3 Å². The smallest absolute Gasteiger partial charge is 0.235 e. The third kappa shape index (κ3) is 5.56. The number of carbonyl (C=O) groups is 1. The van der Waals surface area contributed by atoms with Gasteiger partial charge < -0.3 is 5.32 Å². The summed E-state index contributed by atoms with van der Waals surface area (Å²) in [4.78, 5) is 18.9. The highest BCUT2D eigenvalue weighted by atomic mass is 35.5. The number of likely N-dealkylation sites (tertiary alicyclic amines) is 1. The molecule has 0 atom stereocenters. The first kappa shape index (κ1) is 22.5. The Morgan fingerprint density at radius 2 is 1.87 bits per heavy atom. The first-order chi connectivity index (χ1) is 14.8. The molecular weight excluding hydrogens is 477 g/mol. The summed E-state index contributed by atoms with van der Waals surface area (Å²) in [5, 5.41) is 3.95. The van der Waals surface area contributed by atoms with Crippen molar-refractivity contribution in [3.05, 3.63) is 58.1 Å². The molecule has 0 spiro atoms. The van der Waals surface area contributed by atoms with Crippen LogP contribution in [0.25, 0.3) is 10.2 Å². The summed E-state index contributed by atoms with van der Waals surface area (Å²) < 4.78 is 26.0. The Morgan fingerprint density at radius 1 is 1.13 bits per heavy atom. The van der Waals surface area contributed by atoms with E-state index in [0.717, 1.165) is 54.1 Å². The van der Waals surface area contributed by atoms with Crippen LogP contribution in [0.5, 0.6) is 0 Å². The fourth-order valence-electron chi connectivity index (χ4n) is 3.62. The van der Waals surface area contributed by atoms with Crippen molar-refractivity contribution in [2.24, 2.45) is 0 Å². The van der Waals surface area contributed by atoms with Gasteiger partial charge in [0.2, 0.25) is 20.1 Å². The Balaban J connectivity index is 1.29. The number of halogens is 2. The van der Waals surface area contributed by atoms with Crippen LogP contribution in [0.3, 0.4) is 0 Å². The number of amides is 1. The summed E-state index contributed by atoms with van der Waals surface area (Å²) in [6.45, 7) is 2.36. The van der Waals surface area contributed by atoms with Crippen LogP contribution >= 0.6 is 34.5 Å². The highest BCUT2D eigenvalue weighted by Gasteiger charge is 2.26. The number of nitrogens with one attached hydrogen (secondary N) is 1. The Hall–Kier alpha value is -1.71. The average molecular weight is 498 g/mol. The predicted molar refractivity (Wildman–Crippen MR) is 125 cm³/mol. The Morgan fingerprint density at radius 3 is 2.58 bits per heavy atom. The summed E-state index contributed by atoms with van der Waals surface area (Å²) >= 11 is 13.1. The number of piperidine rings is 1. The topological polar surface area (TPSA) is 79.4 Å². The van der Waals surface area contributed by atoms with Crippen molar-refractivity contribution in [3.8, 4) is 0 Å². The van der Waals surface area contributed by atoms with Gasteiger partial charge in [0.05, 0.1) is 20.3 Å². The van der Waals surface area contributed by atoms with E-state index < -0.39 is 21.5 Å². The SMILES string of the molecule is O=C(CS(=O)(=O)c1nc2ccccc2s1)NC1CCN(Cc2ccc(Cl)c(Cl)c2)CC1. The van der Waals surface area contributed by atoms with Gasteiger partial charge in [0, 0.05) is 25.7 Å². The van der Waals surface area contributed by atoms with Crippen molar-refractivity contribution in [2.75, 3.05) is 18.8 Å². The normalized spacial score (nSPS) is 15.9. The third-order valence-electron chi connectivity index (χ3n) is 5.20. The first-order valence-corrected chi connectivity index (χ1v) is 13.1. The van der Waals surface area contributed by atoms with Crippen molar-refractivity contribution >= 4 is 60.5 Å². The van der Waals surface area contributed by atoms with Crippen molar-refractivity contribution in [1.29, 1.82) is 0 Å². The van der Waals surface area contributed by atoms with Gasteiger partial charge in [-0.15, -0.1) is 11.3 Å². The van der Waals surface area contributed by atoms with Crippen LogP contribution in [0.4, 0.5) is 0 Å². The first-order valence-electron chi connectivity index (χ1n) is 9.84. The molecule has 0 unspecified atom stereocenters. The Bertz CT molecular complexity index is 1170. The molecule has 3 aromatic rings. The summed E-state index contributed by atoms with van der Waals surface area (Å²) in [5.41, 5.74) is 1.71. The van der Waals surface area contributed by atoms with Crippen LogP contribution in [0.2, 0.25) is 10.0 Å². The van der Waals surface area contributed by atoms with Gasteiger partial charge in [-0.3, -0.25) is 9.69 Å². The van der Waals surface area contributed by atoms with Gasteiger partial charge in [0.25, 0.3) is 0 Å². The minimum absolute atomic E-state index is 0.0136. The van der Waals surface area contributed by atoms with Gasteiger partial charge in [0.15, 0.2) is 0 Å². The molecule has 1 aliphatic heterocycles. The quantitative estimate of drug-likeness (QED) is 0.552. The lowest BCUT2D eigenvalue weighted by molar-refractivity contribution is -0.119. The maximum atomic E-state index is 12.6. The van der Waals surface area contributed by atoms with Crippen LogP contribution in [-0.2, 0) is 21.2 Å². The molecule has 0 aliphatic carbocycles. The third-order valence-corrected chi connectivity index (χ3v) is 9.05. The standard InChI is InChI=1S/C21H21Cl2N3O3S2/c22-16-6-5-14(11-17(16)23)12-26-9-7-15(8-10-26)24-20(27)13-31(28,29)21-25-18-3-1-2-4-19(18)30-21/h1-6,11,15H,7-10,12-13H2,(H,24,27). The van der Waals surface area contributed by atoms with E-state index in [-0.39, 0.29) is 10.4 Å². The van der Waals surface area contributed by atoms with Crippen molar-refractivity contribution < 1.29 is 13.2 Å². The van der Waals surface area contributed by atoms with E-state index in [1.165, 1.54) is 0 Å². The molecule has 0 saturated carbocycles. The zero-order chi connectivity index (χ0) is 22.0. The monoisotopic (exact) mass is 497 g/mol. The second-order valence-corrected chi connectivity index (χ2v) is 11.6. The molecule has 31 heavy (non-hydrogen) atoms. The van der Waals surface area contributed by atoms with Crippen LogP contribution in [-0.4, -0.2) is 49.1 Å². The summed E-state index contributed by atoms with van der Waals surface area (Å²) in [6, 6.07) is 12.8. The molecule has 2 aromatic carbocycles. The molecule has 1 amide bonds. The van der Waals surface area contributed by atoms with E-state index in [4.69, 9.17) is 23.2 Å². The van der Waals surface area contributed by atoms with Crippen LogP contribution in [0.1, 0.15) is 18.4 Å². The maximum absolute atomic E-state index is 12.6. The fraction of sp³-hybridized carbons (Fsp3) is 0.333. The molecule has 1 aromatic heterocycles. The predicted octanol–water partition coefficient (Wildman–Crippen LogP) is 4.16. The Kier molecular flexibility index (Phi) is 6.83. The van der Waals surface area contributed by atoms with Crippen LogP contribution in [0.15, 0.2) is 46.8 Å². The zero-order valence-electron chi connectivity index (χ0n) is 16.6. The molecule has 10 heteroatoms. The molecule has 1 aliphatic rings. The lowest BCUT2D eigenvalue weighted by Gasteiger charge is -2.32. The number of thiazole rings is 1. The molecule has 6 nitrogen and oxygen atoms in total. The number of rotatable bonds is 6. The molecule has 0 bridgehead atoms. The van der Waals surface area contributed by atoms with E-state index in [2.05, 4.69) is 15.2 Å². The molecular formula is C21H21Cl2N3O3S2. The Labute approximate surface area is 195 Å². The molecule has 4 rings (SSSR count). The number of sulfone groups is 1. The molecule has 1 N–H and O–H groups in total. The molecule has 1 fully saturated rings. The average Bonchev–Trinajstić information content (AvgIpc) is 3.17. The number of para-hydroxylation sites is 1. The van der Waals surface area contributed by atoms with Crippen molar-refractivity contribution in [2.45, 2.75) is 29.8 Å². The molecule has 0 radical (unpaired) electrons. The molecule has 1 saturated heterocycles. The number of carbonyl (C=O) groups excluding carboxylic acids is 1. The largest absolute Gasteiger partial charge is 0.352 e. The van der Waals surface area contributed by atoms with Gasteiger partial charge in [-0.25, -0.2) is 13.4 Å². The molecule has 2 heterocycles. The number of fused-ring (bicyclic) bond motifs is 1. The summed E-state index contributed by atoms with van der Waals surface area (Å²) in [7, 11) is -3.77. The van der Waals surface area contributed by atoms with Crippen LogP contribution < -0.4 is 5.32 Å². The second kappa shape index (κ2) is 9.42. The van der Waals surface area contributed by atoms with E-state index in [1.54, 1.807) is 18.2 Å². The fourth-order valence-corrected chi connectivity index (χ4v) is 6.38. The second-order valence-electron chi connectivity index (χ2n) is 7.57. The molecule has 164 valence electrons. The lowest BCUT2D eigenvalue weighted by atomic mass is 10.0. The van der Waals surface area contributed by atoms with Gasteiger partial charge in [-0.05, 0) is 42.7 Å². The van der Waals surface area contributed by atoms with Gasteiger partial charge >= 0.3 is 0 Å². The van der Waals surface area contributed by atoms with Crippen LogP contribution in [0, 0.1) is 0 Å². The van der Waals surface area contributed by atoms with E-state index in [9.17, 15) is 13.2 Å². The highest BCUT2D eigenvalue weighted by molar-refractivity contribution is 7.94. The van der Waals surface area contributed by atoms with Gasteiger partial charge in [-0.1, -0.05) is 41.4 Å². The number of benzene rings is 2.